The SMILES string of the molecule is C[C@H](CCO)[C@H](OC(=O)NC(=O)c1ccccc1)c1ccccc1OCCO. The summed E-state index contributed by atoms with van der Waals surface area (Å²) in [5.74, 6) is -0.334. The predicted octanol–water partition coefficient (Wildman–Crippen LogP) is 2.68. The summed E-state index contributed by atoms with van der Waals surface area (Å²) in [6, 6.07) is 15.3. The molecule has 2 rings (SSSR count). The highest BCUT2D eigenvalue weighted by Crippen LogP contribution is 2.34. The van der Waals surface area contributed by atoms with E-state index in [1.807, 2.05) is 6.92 Å². The predicted molar refractivity (Wildman–Crippen MR) is 103 cm³/mol. The number of hydrogen-bond donors (Lipinski definition) is 3. The lowest BCUT2D eigenvalue weighted by molar-refractivity contribution is 0.0525. The van der Waals surface area contributed by atoms with E-state index >= 15 is 0 Å². The number of rotatable bonds is 9. The Morgan fingerprint density at radius 3 is 2.36 bits per heavy atom. The van der Waals surface area contributed by atoms with Crippen LogP contribution in [0.4, 0.5) is 4.79 Å². The van der Waals surface area contributed by atoms with Gasteiger partial charge < -0.3 is 19.7 Å². The minimum atomic E-state index is -0.888. The van der Waals surface area contributed by atoms with Gasteiger partial charge in [0, 0.05) is 17.7 Å². The van der Waals surface area contributed by atoms with Crippen molar-refractivity contribution < 1.29 is 29.3 Å². The Balaban J connectivity index is 2.17. The second kappa shape index (κ2) is 11.1. The normalized spacial score (nSPS) is 12.7. The van der Waals surface area contributed by atoms with Crippen LogP contribution in [0.25, 0.3) is 0 Å². The molecule has 0 saturated heterocycles. The molecule has 150 valence electrons. The first-order valence-electron chi connectivity index (χ1n) is 9.07. The number of imide groups is 1. The molecule has 0 heterocycles. The first kappa shape index (κ1) is 21.4. The fourth-order valence-corrected chi connectivity index (χ4v) is 2.74. The van der Waals surface area contributed by atoms with Gasteiger partial charge in [-0.25, -0.2) is 4.79 Å². The number of amides is 2. The van der Waals surface area contributed by atoms with Gasteiger partial charge in [0.2, 0.25) is 0 Å². The number of nitrogens with one attached hydrogen (secondary N) is 1. The molecular formula is C21H25NO6. The molecule has 2 aromatic rings. The molecule has 7 nitrogen and oxygen atoms in total. The summed E-state index contributed by atoms with van der Waals surface area (Å²) in [5, 5.41) is 20.5. The highest BCUT2D eigenvalue weighted by Gasteiger charge is 2.27. The molecule has 0 radical (unpaired) electrons. The van der Waals surface area contributed by atoms with Crippen molar-refractivity contribution in [3.8, 4) is 5.75 Å². The van der Waals surface area contributed by atoms with E-state index < -0.39 is 18.1 Å². The molecule has 0 fully saturated rings. The maximum absolute atomic E-state index is 12.3. The topological polar surface area (TPSA) is 105 Å². The molecule has 2 amide bonds. The Hall–Kier alpha value is -2.90. The molecule has 0 spiro atoms. The van der Waals surface area contributed by atoms with Crippen molar-refractivity contribution >= 4 is 12.0 Å². The van der Waals surface area contributed by atoms with Gasteiger partial charge in [0.05, 0.1) is 6.61 Å². The lowest BCUT2D eigenvalue weighted by Gasteiger charge is -2.26. The maximum atomic E-state index is 12.3. The van der Waals surface area contributed by atoms with E-state index in [2.05, 4.69) is 5.32 Å². The molecule has 7 heteroatoms. The van der Waals surface area contributed by atoms with Crippen LogP contribution in [0.1, 0.15) is 35.4 Å². The summed E-state index contributed by atoms with van der Waals surface area (Å²) in [4.78, 5) is 24.5. The van der Waals surface area contributed by atoms with Gasteiger partial charge in [0.1, 0.15) is 18.5 Å². The zero-order chi connectivity index (χ0) is 20.4. The molecule has 0 saturated carbocycles. The van der Waals surface area contributed by atoms with Crippen molar-refractivity contribution in [3.05, 3.63) is 65.7 Å². The lowest BCUT2D eigenvalue weighted by Crippen LogP contribution is -2.33. The average Bonchev–Trinajstić information content (AvgIpc) is 2.71. The van der Waals surface area contributed by atoms with Gasteiger partial charge in [-0.05, 0) is 30.5 Å². The highest BCUT2D eigenvalue weighted by molar-refractivity contribution is 6.02. The Labute approximate surface area is 163 Å². The van der Waals surface area contributed by atoms with Crippen molar-refractivity contribution in [2.75, 3.05) is 19.8 Å². The third-order valence-electron chi connectivity index (χ3n) is 4.16. The summed E-state index contributed by atoms with van der Waals surface area (Å²) in [5.41, 5.74) is 0.935. The van der Waals surface area contributed by atoms with Gasteiger partial charge in [0.15, 0.2) is 0 Å². The number of para-hydroxylation sites is 1. The first-order valence-corrected chi connectivity index (χ1v) is 9.07. The Morgan fingerprint density at radius 1 is 1.00 bits per heavy atom. The maximum Gasteiger partial charge on any atom is 0.414 e. The smallest absolute Gasteiger partial charge is 0.414 e. The number of carbonyl (C=O) groups excluding carboxylic acids is 2. The quantitative estimate of drug-likeness (QED) is 0.611. The third-order valence-corrected chi connectivity index (χ3v) is 4.16. The van der Waals surface area contributed by atoms with Crippen LogP contribution >= 0.6 is 0 Å². The van der Waals surface area contributed by atoms with Crippen molar-refractivity contribution in [1.82, 2.24) is 5.32 Å². The Bertz CT molecular complexity index is 765. The van der Waals surface area contributed by atoms with Crippen LogP contribution in [0.15, 0.2) is 54.6 Å². The summed E-state index contributed by atoms with van der Waals surface area (Å²) < 4.78 is 11.1. The monoisotopic (exact) mass is 387 g/mol. The third kappa shape index (κ3) is 6.07. The molecule has 0 aliphatic rings. The van der Waals surface area contributed by atoms with E-state index in [-0.39, 0.29) is 25.7 Å². The Kier molecular flexibility index (Phi) is 8.45. The fraction of sp³-hybridized carbons (Fsp3) is 0.333. The molecule has 28 heavy (non-hydrogen) atoms. The minimum absolute atomic E-state index is 0.0781. The summed E-state index contributed by atoms with van der Waals surface area (Å²) in [6.07, 6.45) is -1.25. The summed E-state index contributed by atoms with van der Waals surface area (Å²) in [7, 11) is 0. The van der Waals surface area contributed by atoms with Gasteiger partial charge >= 0.3 is 6.09 Å². The van der Waals surface area contributed by atoms with Crippen molar-refractivity contribution in [2.24, 2.45) is 5.92 Å². The molecular weight excluding hydrogens is 362 g/mol. The second-order valence-corrected chi connectivity index (χ2v) is 6.25. The number of ether oxygens (including phenoxy) is 2. The van der Waals surface area contributed by atoms with Gasteiger partial charge in [-0.1, -0.05) is 43.3 Å². The van der Waals surface area contributed by atoms with Crippen LogP contribution in [0.2, 0.25) is 0 Å². The Morgan fingerprint density at radius 2 is 1.68 bits per heavy atom. The average molecular weight is 387 g/mol. The van der Waals surface area contributed by atoms with Crippen molar-refractivity contribution in [2.45, 2.75) is 19.4 Å². The number of alkyl carbamates (subject to hydrolysis) is 1. The summed E-state index contributed by atoms with van der Waals surface area (Å²) >= 11 is 0. The van der Waals surface area contributed by atoms with E-state index in [4.69, 9.17) is 14.6 Å². The van der Waals surface area contributed by atoms with Crippen molar-refractivity contribution in [1.29, 1.82) is 0 Å². The number of benzene rings is 2. The number of carbonyl (C=O) groups is 2. The van der Waals surface area contributed by atoms with E-state index in [0.29, 0.717) is 23.3 Å². The van der Waals surface area contributed by atoms with Gasteiger partial charge in [0.25, 0.3) is 5.91 Å². The van der Waals surface area contributed by atoms with E-state index in [0.717, 1.165) is 0 Å². The van der Waals surface area contributed by atoms with Crippen LogP contribution < -0.4 is 10.1 Å². The van der Waals surface area contributed by atoms with Gasteiger partial charge in [-0.2, -0.15) is 0 Å². The lowest BCUT2D eigenvalue weighted by atomic mass is 9.94. The molecule has 2 aromatic carbocycles. The van der Waals surface area contributed by atoms with Crippen LogP contribution in [0.5, 0.6) is 5.75 Å². The van der Waals surface area contributed by atoms with E-state index in [1.165, 1.54) is 0 Å². The molecule has 0 aliphatic carbocycles. The molecule has 0 aromatic heterocycles. The first-order chi connectivity index (χ1) is 13.6. The largest absolute Gasteiger partial charge is 0.491 e. The zero-order valence-electron chi connectivity index (χ0n) is 15.7. The van der Waals surface area contributed by atoms with E-state index in [1.54, 1.807) is 54.6 Å². The minimum Gasteiger partial charge on any atom is -0.491 e. The van der Waals surface area contributed by atoms with Crippen molar-refractivity contribution in [3.63, 3.8) is 0 Å². The number of hydrogen-bond acceptors (Lipinski definition) is 6. The molecule has 2 atom stereocenters. The highest BCUT2D eigenvalue weighted by atomic mass is 16.6. The summed E-state index contributed by atoms with van der Waals surface area (Å²) in [6.45, 7) is 1.69. The van der Waals surface area contributed by atoms with Crippen LogP contribution in [0.3, 0.4) is 0 Å². The number of aliphatic hydroxyl groups excluding tert-OH is 2. The van der Waals surface area contributed by atoms with E-state index in [9.17, 15) is 14.7 Å². The molecule has 0 unspecified atom stereocenters. The second-order valence-electron chi connectivity index (χ2n) is 6.25. The number of aliphatic hydroxyl groups is 2. The fourth-order valence-electron chi connectivity index (χ4n) is 2.74. The van der Waals surface area contributed by atoms with Crippen LogP contribution in [0, 0.1) is 5.92 Å². The van der Waals surface area contributed by atoms with Gasteiger partial charge in [-0.15, -0.1) is 0 Å². The van der Waals surface area contributed by atoms with Crippen LogP contribution in [-0.4, -0.2) is 42.0 Å². The van der Waals surface area contributed by atoms with Gasteiger partial charge in [-0.3, -0.25) is 10.1 Å². The van der Waals surface area contributed by atoms with Crippen LogP contribution in [-0.2, 0) is 4.74 Å². The molecule has 0 bridgehead atoms. The standard InChI is InChI=1S/C21H25NO6/c1-15(11-12-23)19(17-9-5-6-10-18(17)27-14-13-24)28-21(26)22-20(25)16-7-3-2-4-8-16/h2-10,15,19,23-24H,11-14H2,1H3,(H,22,25,26)/t15-,19+/m1/s1. The molecule has 0 aliphatic heterocycles. The molecule has 3 N–H and O–H groups in total. The zero-order valence-corrected chi connectivity index (χ0v) is 15.7.